The topological polar surface area (TPSA) is 50.8 Å². The van der Waals surface area contributed by atoms with Crippen LogP contribution in [-0.4, -0.2) is 16.2 Å². The average Bonchev–Trinajstić information content (AvgIpc) is 3.50. The zero-order valence-electron chi connectivity index (χ0n) is 18.4. The minimum atomic E-state index is 0.647. The summed E-state index contributed by atoms with van der Waals surface area (Å²) in [5, 5.41) is 10.4. The highest BCUT2D eigenvalue weighted by Crippen LogP contribution is 2.38. The second-order valence-electron chi connectivity index (χ2n) is 8.55. The van der Waals surface area contributed by atoms with Crippen molar-refractivity contribution in [1.29, 1.82) is 5.26 Å². The normalized spacial score (nSPS) is 14.0. The van der Waals surface area contributed by atoms with Gasteiger partial charge < -0.3 is 9.30 Å². The van der Waals surface area contributed by atoms with Crippen LogP contribution in [0.1, 0.15) is 38.2 Å². The molecule has 160 valence electrons. The minimum absolute atomic E-state index is 0.647. The summed E-state index contributed by atoms with van der Waals surface area (Å²) in [6, 6.07) is 20.4. The Morgan fingerprint density at radius 2 is 1.72 bits per heavy atom. The molecule has 0 bridgehead atoms. The molecule has 2 heterocycles. The maximum absolute atomic E-state index is 9.23. The van der Waals surface area contributed by atoms with Gasteiger partial charge in [0.2, 0.25) is 0 Å². The van der Waals surface area contributed by atoms with Crippen LogP contribution in [0.5, 0.6) is 5.75 Å². The van der Waals surface area contributed by atoms with Crippen LogP contribution in [0.3, 0.4) is 0 Å². The van der Waals surface area contributed by atoms with Gasteiger partial charge in [0.05, 0.1) is 35.6 Å². The number of benzene rings is 2. The summed E-state index contributed by atoms with van der Waals surface area (Å²) in [5.41, 5.74) is 6.02. The molecule has 5 rings (SSSR count). The molecule has 4 aromatic rings. The number of pyridine rings is 1. The molecular formula is C28H27N3O. The number of aromatic nitrogens is 2. The van der Waals surface area contributed by atoms with E-state index in [1.165, 1.54) is 36.6 Å². The SMILES string of the molecule is CCOc1ccc(-c2ncc3c(ccn3CC3CCCC3)c2-c2ccc(C#N)cc2)cc1. The number of rotatable bonds is 6. The second-order valence-corrected chi connectivity index (χ2v) is 8.55. The summed E-state index contributed by atoms with van der Waals surface area (Å²) in [6.45, 7) is 3.69. The Balaban J connectivity index is 1.64. The molecular weight excluding hydrogens is 394 g/mol. The van der Waals surface area contributed by atoms with E-state index in [1.807, 2.05) is 49.5 Å². The van der Waals surface area contributed by atoms with E-state index < -0.39 is 0 Å². The van der Waals surface area contributed by atoms with Gasteiger partial charge in [-0.3, -0.25) is 4.98 Å². The van der Waals surface area contributed by atoms with Gasteiger partial charge in [0.15, 0.2) is 0 Å². The molecule has 0 atom stereocenters. The fourth-order valence-electron chi connectivity index (χ4n) is 4.89. The lowest BCUT2D eigenvalue weighted by Gasteiger charge is -2.15. The highest BCUT2D eigenvalue weighted by molar-refractivity contribution is 6.01. The van der Waals surface area contributed by atoms with Gasteiger partial charge in [-0.25, -0.2) is 0 Å². The van der Waals surface area contributed by atoms with Crippen molar-refractivity contribution in [2.24, 2.45) is 5.92 Å². The van der Waals surface area contributed by atoms with E-state index in [1.54, 1.807) is 0 Å². The van der Waals surface area contributed by atoms with Crippen molar-refractivity contribution < 1.29 is 4.74 Å². The maximum Gasteiger partial charge on any atom is 0.119 e. The Hall–Kier alpha value is -3.58. The molecule has 0 radical (unpaired) electrons. The quantitative estimate of drug-likeness (QED) is 0.343. The molecule has 4 nitrogen and oxygen atoms in total. The Kier molecular flexibility index (Phi) is 5.64. The highest BCUT2D eigenvalue weighted by atomic mass is 16.5. The number of fused-ring (bicyclic) bond motifs is 1. The monoisotopic (exact) mass is 421 g/mol. The van der Waals surface area contributed by atoms with Crippen molar-refractivity contribution >= 4 is 10.9 Å². The number of nitriles is 1. The van der Waals surface area contributed by atoms with E-state index in [-0.39, 0.29) is 0 Å². The Morgan fingerprint density at radius 1 is 1.00 bits per heavy atom. The van der Waals surface area contributed by atoms with E-state index in [9.17, 15) is 5.26 Å². The summed E-state index contributed by atoms with van der Waals surface area (Å²) in [4.78, 5) is 4.95. The van der Waals surface area contributed by atoms with Crippen molar-refractivity contribution in [3.05, 3.63) is 72.6 Å². The van der Waals surface area contributed by atoms with E-state index in [0.717, 1.165) is 40.6 Å². The lowest BCUT2D eigenvalue weighted by Crippen LogP contribution is -2.06. The van der Waals surface area contributed by atoms with Crippen molar-refractivity contribution in [2.45, 2.75) is 39.2 Å². The van der Waals surface area contributed by atoms with Crippen molar-refractivity contribution in [2.75, 3.05) is 6.61 Å². The first kappa shape index (κ1) is 20.3. The predicted molar refractivity (Wildman–Crippen MR) is 128 cm³/mol. The Morgan fingerprint density at radius 3 is 2.41 bits per heavy atom. The smallest absolute Gasteiger partial charge is 0.119 e. The van der Waals surface area contributed by atoms with E-state index in [0.29, 0.717) is 12.2 Å². The zero-order valence-corrected chi connectivity index (χ0v) is 18.4. The Labute approximate surface area is 189 Å². The van der Waals surface area contributed by atoms with Gasteiger partial charge in [-0.2, -0.15) is 5.26 Å². The molecule has 1 aliphatic carbocycles. The first-order valence-electron chi connectivity index (χ1n) is 11.5. The van der Waals surface area contributed by atoms with Crippen LogP contribution in [0.4, 0.5) is 0 Å². The van der Waals surface area contributed by atoms with Crippen LogP contribution in [0.15, 0.2) is 67.0 Å². The largest absolute Gasteiger partial charge is 0.494 e. The fourth-order valence-corrected chi connectivity index (χ4v) is 4.89. The van der Waals surface area contributed by atoms with Gasteiger partial charge in [-0.1, -0.05) is 25.0 Å². The average molecular weight is 422 g/mol. The minimum Gasteiger partial charge on any atom is -0.494 e. The fraction of sp³-hybridized carbons (Fsp3) is 0.286. The molecule has 4 heteroatoms. The zero-order chi connectivity index (χ0) is 21.9. The van der Waals surface area contributed by atoms with Crippen LogP contribution in [0.2, 0.25) is 0 Å². The Bertz CT molecular complexity index is 1260. The molecule has 2 aromatic heterocycles. The standard InChI is InChI=1S/C28H27N3O/c1-2-32-24-13-11-23(12-14-24)28-27(22-9-7-20(17-29)8-10-22)25-15-16-31(26(25)18-30-28)19-21-5-3-4-6-21/h7-16,18,21H,2-6,19H2,1H3. The number of ether oxygens (including phenoxy) is 1. The van der Waals surface area contributed by atoms with Gasteiger partial charge in [0.1, 0.15) is 5.75 Å². The molecule has 0 saturated heterocycles. The van der Waals surface area contributed by atoms with Crippen LogP contribution in [-0.2, 0) is 6.54 Å². The predicted octanol–water partition coefficient (Wildman–Crippen LogP) is 6.83. The third-order valence-corrected chi connectivity index (χ3v) is 6.50. The summed E-state index contributed by atoms with van der Waals surface area (Å²) in [6.07, 6.45) is 9.56. The van der Waals surface area contributed by atoms with E-state index in [2.05, 4.69) is 35.0 Å². The summed E-state index contributed by atoms with van der Waals surface area (Å²) in [5.74, 6) is 1.62. The van der Waals surface area contributed by atoms with Crippen molar-refractivity contribution in [1.82, 2.24) is 9.55 Å². The molecule has 0 N–H and O–H groups in total. The molecule has 0 spiro atoms. The summed E-state index contributed by atoms with van der Waals surface area (Å²) < 4.78 is 7.99. The molecule has 32 heavy (non-hydrogen) atoms. The van der Waals surface area contributed by atoms with Crippen LogP contribution >= 0.6 is 0 Å². The third-order valence-electron chi connectivity index (χ3n) is 6.50. The number of hydrogen-bond donors (Lipinski definition) is 0. The first-order valence-corrected chi connectivity index (χ1v) is 11.5. The molecule has 1 aliphatic rings. The van der Waals surface area contributed by atoms with Crippen LogP contribution in [0.25, 0.3) is 33.3 Å². The molecule has 1 saturated carbocycles. The van der Waals surface area contributed by atoms with Gasteiger partial charge in [-0.05, 0) is 73.7 Å². The van der Waals surface area contributed by atoms with E-state index in [4.69, 9.17) is 9.72 Å². The van der Waals surface area contributed by atoms with E-state index >= 15 is 0 Å². The van der Waals surface area contributed by atoms with Gasteiger partial charge in [0.25, 0.3) is 0 Å². The number of hydrogen-bond acceptors (Lipinski definition) is 3. The second kappa shape index (κ2) is 8.88. The lowest BCUT2D eigenvalue weighted by atomic mass is 9.95. The van der Waals surface area contributed by atoms with Crippen LogP contribution in [0, 0.1) is 17.2 Å². The molecule has 0 amide bonds. The van der Waals surface area contributed by atoms with Crippen LogP contribution < -0.4 is 4.74 Å². The van der Waals surface area contributed by atoms with Crippen molar-refractivity contribution in [3.63, 3.8) is 0 Å². The van der Waals surface area contributed by atoms with Gasteiger partial charge >= 0.3 is 0 Å². The maximum atomic E-state index is 9.23. The van der Waals surface area contributed by atoms with Crippen molar-refractivity contribution in [3.8, 4) is 34.2 Å². The van der Waals surface area contributed by atoms with Gasteiger partial charge in [0, 0.05) is 29.3 Å². The number of nitrogens with zero attached hydrogens (tertiary/aromatic N) is 3. The highest BCUT2D eigenvalue weighted by Gasteiger charge is 2.19. The molecule has 2 aromatic carbocycles. The molecule has 0 unspecified atom stereocenters. The summed E-state index contributed by atoms with van der Waals surface area (Å²) >= 11 is 0. The van der Waals surface area contributed by atoms with Gasteiger partial charge in [-0.15, -0.1) is 0 Å². The first-order chi connectivity index (χ1) is 15.8. The lowest BCUT2D eigenvalue weighted by molar-refractivity contribution is 0.340. The third kappa shape index (κ3) is 3.87. The molecule has 0 aliphatic heterocycles. The summed E-state index contributed by atoms with van der Waals surface area (Å²) in [7, 11) is 0. The molecule has 1 fully saturated rings.